The van der Waals surface area contributed by atoms with Crippen LogP contribution in [0.1, 0.15) is 43.6 Å². The number of para-hydroxylation sites is 1. The number of anilines is 1. The molecule has 0 radical (unpaired) electrons. The highest BCUT2D eigenvalue weighted by Gasteiger charge is 2.36. The molecule has 10 nitrogen and oxygen atoms in total. The smallest absolute Gasteiger partial charge is 0.319 e. The van der Waals surface area contributed by atoms with Crippen LogP contribution in [-0.2, 0) is 10.0 Å². The lowest BCUT2D eigenvalue weighted by Gasteiger charge is -2.38. The van der Waals surface area contributed by atoms with Crippen LogP contribution in [0.5, 0.6) is 5.75 Å². The van der Waals surface area contributed by atoms with Crippen molar-refractivity contribution in [2.45, 2.75) is 57.7 Å². The number of aliphatic hydroxyl groups excluding tert-OH is 1. The quantitative estimate of drug-likeness (QED) is 0.467. The van der Waals surface area contributed by atoms with Gasteiger partial charge in [-0.05, 0) is 52.0 Å². The van der Waals surface area contributed by atoms with E-state index < -0.39 is 28.2 Å². The molecule has 38 heavy (non-hydrogen) atoms. The number of nitrogens with one attached hydrogen (secondary N) is 2. The predicted octanol–water partition coefficient (Wildman–Crippen LogP) is 3.07. The van der Waals surface area contributed by atoms with Gasteiger partial charge < -0.3 is 25.4 Å². The molecule has 0 unspecified atom stereocenters. The fourth-order valence-corrected chi connectivity index (χ4v) is 5.41. The summed E-state index contributed by atoms with van der Waals surface area (Å²) in [4.78, 5) is 27.8. The third-order valence-electron chi connectivity index (χ3n) is 6.53. The highest BCUT2D eigenvalue weighted by molar-refractivity contribution is 7.89. The van der Waals surface area contributed by atoms with E-state index in [1.165, 1.54) is 11.4 Å². The molecule has 3 N–H and O–H groups in total. The van der Waals surface area contributed by atoms with Gasteiger partial charge in [-0.3, -0.25) is 4.79 Å². The number of aryl methyl sites for hydroxylation is 1. The van der Waals surface area contributed by atoms with Crippen LogP contribution in [-0.4, -0.2) is 79.6 Å². The summed E-state index contributed by atoms with van der Waals surface area (Å²) in [5.74, 6) is -0.501. The molecule has 0 aromatic heterocycles. The molecule has 0 spiro atoms. The van der Waals surface area contributed by atoms with E-state index in [1.807, 2.05) is 27.7 Å². The molecule has 0 saturated heterocycles. The Bertz CT molecular complexity index is 1250. The lowest BCUT2D eigenvalue weighted by atomic mass is 9.99. The third-order valence-corrected chi connectivity index (χ3v) is 8.36. The summed E-state index contributed by atoms with van der Waals surface area (Å²) in [6, 6.07) is 10.4. The second kappa shape index (κ2) is 12.1. The first kappa shape index (κ1) is 29.4. The number of ether oxygens (including phenoxy) is 1. The van der Waals surface area contributed by atoms with Crippen LogP contribution < -0.4 is 15.4 Å². The number of likely N-dealkylation sites (N-methyl/N-ethyl adjacent to an activating group) is 1. The predicted molar refractivity (Wildman–Crippen MR) is 146 cm³/mol. The number of sulfonamides is 1. The molecule has 2 aromatic rings. The van der Waals surface area contributed by atoms with Gasteiger partial charge in [-0.1, -0.05) is 30.7 Å². The second-order valence-corrected chi connectivity index (χ2v) is 12.2. The molecule has 0 saturated carbocycles. The molecular formula is C27H38N4O6S. The van der Waals surface area contributed by atoms with Crippen molar-refractivity contribution in [3.8, 4) is 5.75 Å². The Morgan fingerprint density at radius 2 is 1.84 bits per heavy atom. The normalized spacial score (nSPS) is 18.9. The van der Waals surface area contributed by atoms with Crippen LogP contribution in [0.15, 0.2) is 47.4 Å². The van der Waals surface area contributed by atoms with Gasteiger partial charge in [-0.15, -0.1) is 0 Å². The van der Waals surface area contributed by atoms with Gasteiger partial charge in [0.05, 0.1) is 35.3 Å². The summed E-state index contributed by atoms with van der Waals surface area (Å²) < 4.78 is 34.3. The number of fused-ring (bicyclic) bond motifs is 1. The number of carbonyl (C=O) groups excluding carboxylic acids is 2. The SMILES string of the molecule is Cc1ccc(S(=O)(=O)N(C)C[C@H]2Oc3c(NC(=O)NC(C)C)cccc3C(=O)N([C@@H](C)CO)C[C@H]2C)cc1. The average molecular weight is 547 g/mol. The Labute approximate surface area is 225 Å². The van der Waals surface area contributed by atoms with Crippen molar-refractivity contribution in [1.29, 1.82) is 0 Å². The van der Waals surface area contributed by atoms with Crippen LogP contribution in [0.25, 0.3) is 0 Å². The van der Waals surface area contributed by atoms with E-state index in [4.69, 9.17) is 4.74 Å². The summed E-state index contributed by atoms with van der Waals surface area (Å²) in [6.45, 7) is 9.15. The van der Waals surface area contributed by atoms with Crippen molar-refractivity contribution < 1.29 is 27.9 Å². The number of benzene rings is 2. The van der Waals surface area contributed by atoms with Gasteiger partial charge in [0.15, 0.2) is 5.75 Å². The van der Waals surface area contributed by atoms with E-state index in [-0.39, 0.29) is 59.5 Å². The van der Waals surface area contributed by atoms with Crippen molar-refractivity contribution in [3.63, 3.8) is 0 Å². The van der Waals surface area contributed by atoms with E-state index in [0.29, 0.717) is 0 Å². The number of nitrogens with zero attached hydrogens (tertiary/aromatic N) is 2. The molecular weight excluding hydrogens is 508 g/mol. The van der Waals surface area contributed by atoms with Gasteiger partial charge in [0, 0.05) is 25.6 Å². The van der Waals surface area contributed by atoms with E-state index >= 15 is 0 Å². The summed E-state index contributed by atoms with van der Waals surface area (Å²) in [6.07, 6.45) is -0.670. The van der Waals surface area contributed by atoms with Crippen molar-refractivity contribution in [3.05, 3.63) is 53.6 Å². The molecule has 0 fully saturated rings. The number of rotatable bonds is 8. The number of amides is 3. The van der Waals surface area contributed by atoms with Crippen molar-refractivity contribution in [1.82, 2.24) is 14.5 Å². The van der Waals surface area contributed by atoms with Gasteiger partial charge in [-0.2, -0.15) is 4.31 Å². The Hall–Kier alpha value is -3.15. The Kier molecular flexibility index (Phi) is 9.40. The minimum atomic E-state index is -3.81. The van der Waals surface area contributed by atoms with Crippen LogP contribution in [0.2, 0.25) is 0 Å². The highest BCUT2D eigenvalue weighted by atomic mass is 32.2. The molecule has 0 aliphatic carbocycles. The number of carbonyl (C=O) groups is 2. The highest BCUT2D eigenvalue weighted by Crippen LogP contribution is 2.35. The molecule has 2 aromatic carbocycles. The van der Waals surface area contributed by atoms with Crippen molar-refractivity contribution in [2.75, 3.05) is 32.1 Å². The fraction of sp³-hybridized carbons (Fsp3) is 0.481. The van der Waals surface area contributed by atoms with Crippen LogP contribution in [0.4, 0.5) is 10.5 Å². The first-order chi connectivity index (χ1) is 17.8. The van der Waals surface area contributed by atoms with Gasteiger partial charge in [-0.25, -0.2) is 13.2 Å². The average Bonchev–Trinajstić information content (AvgIpc) is 2.85. The summed E-state index contributed by atoms with van der Waals surface area (Å²) in [5.41, 5.74) is 1.45. The maximum absolute atomic E-state index is 13.6. The summed E-state index contributed by atoms with van der Waals surface area (Å²) in [7, 11) is -2.32. The largest absolute Gasteiger partial charge is 0.486 e. The summed E-state index contributed by atoms with van der Waals surface area (Å²) in [5, 5.41) is 15.3. The summed E-state index contributed by atoms with van der Waals surface area (Å²) >= 11 is 0. The van der Waals surface area contributed by atoms with Crippen molar-refractivity contribution in [2.24, 2.45) is 5.92 Å². The standard InChI is InChI=1S/C27H38N4O6S/c1-17(2)28-27(34)29-23-9-7-8-22-25(23)37-24(19(4)14-31(26(22)33)20(5)16-32)15-30(6)38(35,36)21-12-10-18(3)11-13-21/h7-13,17,19-20,24,32H,14-16H2,1-6H3,(H2,28,29,34)/t19-,20+,24-/m1/s1. The topological polar surface area (TPSA) is 128 Å². The van der Waals surface area contributed by atoms with Gasteiger partial charge >= 0.3 is 6.03 Å². The number of hydrogen-bond acceptors (Lipinski definition) is 6. The minimum absolute atomic E-state index is 0.00111. The maximum Gasteiger partial charge on any atom is 0.319 e. The molecule has 1 heterocycles. The minimum Gasteiger partial charge on any atom is -0.486 e. The lowest BCUT2D eigenvalue weighted by Crippen LogP contribution is -2.50. The number of urea groups is 1. The molecule has 3 atom stereocenters. The van der Waals surface area contributed by atoms with Gasteiger partial charge in [0.25, 0.3) is 5.91 Å². The molecule has 1 aliphatic heterocycles. The van der Waals surface area contributed by atoms with E-state index in [9.17, 15) is 23.1 Å². The first-order valence-electron chi connectivity index (χ1n) is 12.7. The molecule has 1 aliphatic rings. The molecule has 0 bridgehead atoms. The molecule has 3 amide bonds. The lowest BCUT2D eigenvalue weighted by molar-refractivity contribution is 0.0389. The van der Waals surface area contributed by atoms with Crippen LogP contribution >= 0.6 is 0 Å². The molecule has 208 valence electrons. The molecule has 3 rings (SSSR count). The Balaban J connectivity index is 2.02. The first-order valence-corrected chi connectivity index (χ1v) is 14.1. The number of hydrogen-bond donors (Lipinski definition) is 3. The van der Waals surface area contributed by atoms with E-state index in [2.05, 4.69) is 10.6 Å². The number of aliphatic hydroxyl groups is 1. The van der Waals surface area contributed by atoms with Crippen LogP contribution in [0, 0.1) is 12.8 Å². The van der Waals surface area contributed by atoms with E-state index in [1.54, 1.807) is 54.3 Å². The zero-order chi connectivity index (χ0) is 28.2. The Morgan fingerprint density at radius 1 is 1.18 bits per heavy atom. The van der Waals surface area contributed by atoms with Crippen molar-refractivity contribution >= 4 is 27.6 Å². The fourth-order valence-electron chi connectivity index (χ4n) is 4.22. The second-order valence-electron chi connectivity index (χ2n) is 10.2. The molecule has 11 heteroatoms. The third kappa shape index (κ3) is 6.64. The van der Waals surface area contributed by atoms with Gasteiger partial charge in [0.2, 0.25) is 10.0 Å². The monoisotopic (exact) mass is 546 g/mol. The van der Waals surface area contributed by atoms with Crippen LogP contribution in [0.3, 0.4) is 0 Å². The van der Waals surface area contributed by atoms with Gasteiger partial charge in [0.1, 0.15) is 6.10 Å². The zero-order valence-electron chi connectivity index (χ0n) is 22.8. The Morgan fingerprint density at radius 3 is 2.45 bits per heavy atom. The zero-order valence-corrected chi connectivity index (χ0v) is 23.6. The van der Waals surface area contributed by atoms with E-state index in [0.717, 1.165) is 5.56 Å². The maximum atomic E-state index is 13.6.